The molecular formula is C19H18FN3O3S. The third-order valence-corrected chi connectivity index (χ3v) is 6.57. The Hall–Kier alpha value is -2.74. The molecule has 6 nitrogen and oxygen atoms in total. The fraction of sp³-hybridized carbons (Fsp3) is 0.263. The molecular weight excluding hydrogens is 369 g/mol. The summed E-state index contributed by atoms with van der Waals surface area (Å²) < 4.78 is 36.7. The maximum atomic E-state index is 13.8. The standard InChI is InChI=1S/C19H18FN3O3S/c20-16-11-22-17(15-5-8-21-18(15)16)12-1-3-13(4-2-12)19(24)23-14-6-9-27(25,26)10-7-14/h1-5,8,11,14,21H,6-7,9-10H2,(H,23,24). The van der Waals surface area contributed by atoms with Gasteiger partial charge in [-0.3, -0.25) is 9.78 Å². The van der Waals surface area contributed by atoms with Crippen molar-refractivity contribution < 1.29 is 17.6 Å². The molecule has 3 heterocycles. The summed E-state index contributed by atoms with van der Waals surface area (Å²) >= 11 is 0. The van der Waals surface area contributed by atoms with Crippen LogP contribution in [0.25, 0.3) is 22.2 Å². The number of halogens is 1. The third kappa shape index (κ3) is 3.57. The third-order valence-electron chi connectivity index (χ3n) is 4.86. The molecule has 0 atom stereocenters. The highest BCUT2D eigenvalue weighted by atomic mass is 32.2. The van der Waals surface area contributed by atoms with Crippen LogP contribution in [0.1, 0.15) is 23.2 Å². The SMILES string of the molecule is O=C(NC1CCS(=O)(=O)CC1)c1ccc(-c2ncc(F)c3[nH]ccc23)cc1. The highest BCUT2D eigenvalue weighted by molar-refractivity contribution is 7.91. The van der Waals surface area contributed by atoms with Gasteiger partial charge < -0.3 is 10.3 Å². The minimum atomic E-state index is -2.96. The number of aromatic nitrogens is 2. The number of rotatable bonds is 3. The van der Waals surface area contributed by atoms with Crippen LogP contribution in [-0.2, 0) is 9.84 Å². The number of amides is 1. The van der Waals surface area contributed by atoms with Crippen LogP contribution in [0, 0.1) is 5.82 Å². The van der Waals surface area contributed by atoms with Gasteiger partial charge in [0.25, 0.3) is 5.91 Å². The van der Waals surface area contributed by atoms with Crippen molar-refractivity contribution in [2.45, 2.75) is 18.9 Å². The van der Waals surface area contributed by atoms with Gasteiger partial charge in [0.1, 0.15) is 9.84 Å². The van der Waals surface area contributed by atoms with Crippen LogP contribution in [0.5, 0.6) is 0 Å². The number of hydrogen-bond donors (Lipinski definition) is 2. The lowest BCUT2D eigenvalue weighted by atomic mass is 10.0. The summed E-state index contributed by atoms with van der Waals surface area (Å²) in [5.41, 5.74) is 2.30. The number of H-pyrrole nitrogens is 1. The zero-order valence-electron chi connectivity index (χ0n) is 14.4. The van der Waals surface area contributed by atoms with Gasteiger partial charge in [-0.05, 0) is 31.0 Å². The molecule has 2 aromatic heterocycles. The molecule has 1 saturated heterocycles. The predicted molar refractivity (Wildman–Crippen MR) is 101 cm³/mol. The number of nitrogens with zero attached hydrogens (tertiary/aromatic N) is 1. The molecule has 0 bridgehead atoms. The predicted octanol–water partition coefficient (Wildman–Crippen LogP) is 2.68. The van der Waals surface area contributed by atoms with E-state index in [0.717, 1.165) is 5.56 Å². The van der Waals surface area contributed by atoms with Gasteiger partial charge in [0, 0.05) is 28.8 Å². The maximum absolute atomic E-state index is 13.8. The quantitative estimate of drug-likeness (QED) is 0.723. The van der Waals surface area contributed by atoms with Crippen molar-refractivity contribution in [3.63, 3.8) is 0 Å². The Balaban J connectivity index is 1.51. The smallest absolute Gasteiger partial charge is 0.251 e. The van der Waals surface area contributed by atoms with E-state index in [0.29, 0.717) is 35.0 Å². The second kappa shape index (κ2) is 6.77. The number of nitrogens with one attached hydrogen (secondary N) is 2. The van der Waals surface area contributed by atoms with Crippen molar-refractivity contribution >= 4 is 26.6 Å². The van der Waals surface area contributed by atoms with E-state index in [9.17, 15) is 17.6 Å². The fourth-order valence-electron chi connectivity index (χ4n) is 3.33. The molecule has 1 fully saturated rings. The highest BCUT2D eigenvalue weighted by Gasteiger charge is 2.25. The van der Waals surface area contributed by atoms with E-state index >= 15 is 0 Å². The summed E-state index contributed by atoms with van der Waals surface area (Å²) in [5.74, 6) is -0.423. The molecule has 1 aliphatic rings. The van der Waals surface area contributed by atoms with E-state index in [4.69, 9.17) is 0 Å². The fourth-order valence-corrected chi connectivity index (χ4v) is 4.82. The summed E-state index contributed by atoms with van der Waals surface area (Å²) in [6.45, 7) is 0. The van der Waals surface area contributed by atoms with Gasteiger partial charge in [-0.25, -0.2) is 12.8 Å². The Morgan fingerprint density at radius 3 is 2.56 bits per heavy atom. The number of hydrogen-bond acceptors (Lipinski definition) is 4. The summed E-state index contributed by atoms with van der Waals surface area (Å²) in [7, 11) is -2.96. The molecule has 4 rings (SSSR count). The summed E-state index contributed by atoms with van der Waals surface area (Å²) in [6, 6.07) is 8.55. The summed E-state index contributed by atoms with van der Waals surface area (Å²) in [6.07, 6.45) is 3.71. The lowest BCUT2D eigenvalue weighted by Gasteiger charge is -2.23. The first-order valence-corrected chi connectivity index (χ1v) is 10.5. The Bertz CT molecular complexity index is 1090. The maximum Gasteiger partial charge on any atom is 0.251 e. The van der Waals surface area contributed by atoms with Crippen molar-refractivity contribution in [2.24, 2.45) is 0 Å². The Labute approximate surface area is 155 Å². The Morgan fingerprint density at radius 1 is 1.15 bits per heavy atom. The monoisotopic (exact) mass is 387 g/mol. The number of aromatic amines is 1. The van der Waals surface area contributed by atoms with Gasteiger partial charge >= 0.3 is 0 Å². The molecule has 1 aliphatic heterocycles. The van der Waals surface area contributed by atoms with E-state index < -0.39 is 15.7 Å². The van der Waals surface area contributed by atoms with Gasteiger partial charge in [0.15, 0.2) is 5.82 Å². The van der Waals surface area contributed by atoms with Crippen molar-refractivity contribution in [1.82, 2.24) is 15.3 Å². The lowest BCUT2D eigenvalue weighted by Crippen LogP contribution is -2.40. The van der Waals surface area contributed by atoms with Crippen LogP contribution in [-0.4, -0.2) is 41.8 Å². The second-order valence-electron chi connectivity index (χ2n) is 6.70. The summed E-state index contributed by atoms with van der Waals surface area (Å²) in [4.78, 5) is 19.4. The average Bonchev–Trinajstić information content (AvgIpc) is 3.15. The first-order valence-electron chi connectivity index (χ1n) is 8.66. The lowest BCUT2D eigenvalue weighted by molar-refractivity contribution is 0.0934. The molecule has 0 saturated carbocycles. The van der Waals surface area contributed by atoms with E-state index in [2.05, 4.69) is 15.3 Å². The largest absolute Gasteiger partial charge is 0.359 e. The molecule has 0 unspecified atom stereocenters. The molecule has 0 aliphatic carbocycles. The molecule has 3 aromatic rings. The number of carbonyl (C=O) groups excluding carboxylic acids is 1. The molecule has 0 radical (unpaired) electrons. The van der Waals surface area contributed by atoms with Crippen molar-refractivity contribution in [1.29, 1.82) is 0 Å². The van der Waals surface area contributed by atoms with E-state index in [1.165, 1.54) is 6.20 Å². The van der Waals surface area contributed by atoms with Gasteiger partial charge in [-0.2, -0.15) is 0 Å². The first-order chi connectivity index (χ1) is 12.9. The van der Waals surface area contributed by atoms with Crippen LogP contribution in [0.2, 0.25) is 0 Å². The average molecular weight is 387 g/mol. The van der Waals surface area contributed by atoms with Gasteiger partial charge in [-0.15, -0.1) is 0 Å². The number of carbonyl (C=O) groups is 1. The van der Waals surface area contributed by atoms with E-state index in [1.807, 2.05) is 0 Å². The Morgan fingerprint density at radius 2 is 1.85 bits per heavy atom. The number of benzene rings is 1. The molecule has 27 heavy (non-hydrogen) atoms. The first kappa shape index (κ1) is 17.7. The number of pyridine rings is 1. The van der Waals surface area contributed by atoms with Crippen LogP contribution in [0.15, 0.2) is 42.7 Å². The second-order valence-corrected chi connectivity index (χ2v) is 9.00. The summed E-state index contributed by atoms with van der Waals surface area (Å²) in [5, 5.41) is 3.57. The van der Waals surface area contributed by atoms with E-state index in [-0.39, 0.29) is 23.5 Å². The minimum Gasteiger partial charge on any atom is -0.359 e. The molecule has 1 aromatic carbocycles. The van der Waals surface area contributed by atoms with Crippen LogP contribution in [0.4, 0.5) is 4.39 Å². The zero-order chi connectivity index (χ0) is 19.0. The topological polar surface area (TPSA) is 91.9 Å². The zero-order valence-corrected chi connectivity index (χ0v) is 15.2. The van der Waals surface area contributed by atoms with Crippen LogP contribution < -0.4 is 5.32 Å². The molecule has 140 valence electrons. The molecule has 1 amide bonds. The van der Waals surface area contributed by atoms with Crippen molar-refractivity contribution in [2.75, 3.05) is 11.5 Å². The molecule has 8 heteroatoms. The molecule has 2 N–H and O–H groups in total. The van der Waals surface area contributed by atoms with Gasteiger partial charge in [-0.1, -0.05) is 12.1 Å². The van der Waals surface area contributed by atoms with Gasteiger partial charge in [0.2, 0.25) is 0 Å². The van der Waals surface area contributed by atoms with Crippen LogP contribution in [0.3, 0.4) is 0 Å². The van der Waals surface area contributed by atoms with E-state index in [1.54, 1.807) is 36.5 Å². The normalized spacial score (nSPS) is 17.1. The van der Waals surface area contributed by atoms with Crippen molar-refractivity contribution in [3.05, 3.63) is 54.1 Å². The van der Waals surface area contributed by atoms with Gasteiger partial charge in [0.05, 0.1) is 28.9 Å². The molecule has 0 spiro atoms. The van der Waals surface area contributed by atoms with Crippen molar-refractivity contribution in [3.8, 4) is 11.3 Å². The number of fused-ring (bicyclic) bond motifs is 1. The Kier molecular flexibility index (Phi) is 4.43. The highest BCUT2D eigenvalue weighted by Crippen LogP contribution is 2.27. The number of sulfone groups is 1. The minimum absolute atomic E-state index is 0.111. The van der Waals surface area contributed by atoms with Crippen LogP contribution >= 0.6 is 0 Å².